The molecular weight excluding hydrogens is 314 g/mol. The Morgan fingerprint density at radius 2 is 1.60 bits per heavy atom. The second-order valence-corrected chi connectivity index (χ2v) is 6.55. The molecule has 1 N–H and O–H groups in total. The van der Waals surface area contributed by atoms with Crippen LogP contribution in [0.25, 0.3) is 0 Å². The highest BCUT2D eigenvalue weighted by molar-refractivity contribution is 6.08. The third-order valence-electron chi connectivity index (χ3n) is 4.51. The van der Waals surface area contributed by atoms with Crippen molar-refractivity contribution in [2.45, 2.75) is 25.4 Å². The zero-order valence-electron chi connectivity index (χ0n) is 14.4. The number of ketones is 1. The topological polar surface area (TPSA) is 49.8 Å². The molecule has 2 aromatic rings. The van der Waals surface area contributed by atoms with Gasteiger partial charge in [0.15, 0.2) is 5.78 Å². The van der Waals surface area contributed by atoms with Crippen molar-refractivity contribution in [3.05, 3.63) is 65.7 Å². The number of aliphatic hydroxyl groups is 1. The van der Waals surface area contributed by atoms with Crippen LogP contribution < -0.4 is 4.74 Å². The Kier molecular flexibility index (Phi) is 6.20. The lowest BCUT2D eigenvalue weighted by atomic mass is 10.0. The van der Waals surface area contributed by atoms with Gasteiger partial charge in [-0.1, -0.05) is 36.8 Å². The van der Waals surface area contributed by atoms with E-state index in [1.165, 1.54) is 19.3 Å². The number of likely N-dealkylation sites (tertiary alicyclic amines) is 1. The first-order valence-corrected chi connectivity index (χ1v) is 8.95. The van der Waals surface area contributed by atoms with Crippen molar-refractivity contribution in [2.75, 3.05) is 26.2 Å². The van der Waals surface area contributed by atoms with Gasteiger partial charge in [0.2, 0.25) is 0 Å². The van der Waals surface area contributed by atoms with Gasteiger partial charge in [0.1, 0.15) is 18.5 Å². The third kappa shape index (κ3) is 5.15. The van der Waals surface area contributed by atoms with Crippen LogP contribution in [-0.2, 0) is 0 Å². The van der Waals surface area contributed by atoms with Crippen LogP contribution in [0.15, 0.2) is 54.6 Å². The van der Waals surface area contributed by atoms with Gasteiger partial charge in [0.25, 0.3) is 0 Å². The molecule has 4 heteroatoms. The number of aliphatic hydroxyl groups excluding tert-OH is 1. The molecule has 0 spiro atoms. The molecule has 1 aliphatic heterocycles. The number of rotatable bonds is 7. The maximum absolute atomic E-state index is 12.4. The molecule has 2 aromatic carbocycles. The molecule has 1 atom stereocenters. The Morgan fingerprint density at radius 3 is 2.28 bits per heavy atom. The molecule has 0 unspecified atom stereocenters. The summed E-state index contributed by atoms with van der Waals surface area (Å²) in [7, 11) is 0. The fourth-order valence-corrected chi connectivity index (χ4v) is 3.14. The number of nitrogens with zero attached hydrogens (tertiary/aromatic N) is 1. The standard InChI is InChI=1S/C21H25NO3/c23-19(15-22-13-5-2-6-14-22)16-25-20-11-9-18(10-12-20)21(24)17-7-3-1-4-8-17/h1,3-4,7-12,19,23H,2,5-6,13-16H2/t19-/m1/s1. The van der Waals surface area contributed by atoms with Crippen LogP contribution in [0.1, 0.15) is 35.2 Å². The van der Waals surface area contributed by atoms with Crippen LogP contribution in [0.5, 0.6) is 5.75 Å². The Balaban J connectivity index is 1.49. The molecule has 3 rings (SSSR count). The van der Waals surface area contributed by atoms with Gasteiger partial charge in [0.05, 0.1) is 0 Å². The summed E-state index contributed by atoms with van der Waals surface area (Å²) in [6.45, 7) is 3.05. The van der Waals surface area contributed by atoms with E-state index in [-0.39, 0.29) is 12.4 Å². The van der Waals surface area contributed by atoms with E-state index in [0.717, 1.165) is 13.1 Å². The molecule has 1 aliphatic rings. The Morgan fingerprint density at radius 1 is 0.960 bits per heavy atom. The van der Waals surface area contributed by atoms with E-state index in [1.807, 2.05) is 30.3 Å². The smallest absolute Gasteiger partial charge is 0.193 e. The van der Waals surface area contributed by atoms with Crippen molar-refractivity contribution in [1.29, 1.82) is 0 Å². The second kappa shape index (κ2) is 8.79. The minimum Gasteiger partial charge on any atom is -0.491 e. The Labute approximate surface area is 149 Å². The molecule has 0 aliphatic carbocycles. The van der Waals surface area contributed by atoms with E-state index < -0.39 is 6.10 Å². The summed E-state index contributed by atoms with van der Waals surface area (Å²) in [6.07, 6.45) is 3.22. The van der Waals surface area contributed by atoms with E-state index in [0.29, 0.717) is 23.4 Å². The van der Waals surface area contributed by atoms with Crippen molar-refractivity contribution in [3.63, 3.8) is 0 Å². The van der Waals surface area contributed by atoms with Crippen molar-refractivity contribution < 1.29 is 14.6 Å². The molecule has 1 fully saturated rings. The molecule has 0 radical (unpaired) electrons. The minimum absolute atomic E-state index is 0.00252. The lowest BCUT2D eigenvalue weighted by Crippen LogP contribution is -2.38. The zero-order valence-corrected chi connectivity index (χ0v) is 14.4. The van der Waals surface area contributed by atoms with Crippen LogP contribution in [0.2, 0.25) is 0 Å². The number of hydrogen-bond acceptors (Lipinski definition) is 4. The fraction of sp³-hybridized carbons (Fsp3) is 0.381. The first-order chi connectivity index (χ1) is 12.2. The van der Waals surface area contributed by atoms with Crippen LogP contribution in [0, 0.1) is 0 Å². The average molecular weight is 339 g/mol. The van der Waals surface area contributed by atoms with E-state index in [9.17, 15) is 9.90 Å². The summed E-state index contributed by atoms with van der Waals surface area (Å²) >= 11 is 0. The maximum atomic E-state index is 12.4. The number of carbonyl (C=O) groups excluding carboxylic acids is 1. The van der Waals surface area contributed by atoms with Crippen LogP contribution in [0.3, 0.4) is 0 Å². The molecule has 132 valence electrons. The van der Waals surface area contributed by atoms with E-state index in [1.54, 1.807) is 24.3 Å². The Bertz CT molecular complexity index is 663. The fourth-order valence-electron chi connectivity index (χ4n) is 3.14. The van der Waals surface area contributed by atoms with Gasteiger partial charge in [0, 0.05) is 17.7 Å². The largest absolute Gasteiger partial charge is 0.491 e. The highest BCUT2D eigenvalue weighted by atomic mass is 16.5. The van der Waals surface area contributed by atoms with Gasteiger partial charge >= 0.3 is 0 Å². The molecular formula is C21H25NO3. The molecule has 0 amide bonds. The number of benzene rings is 2. The summed E-state index contributed by atoms with van der Waals surface area (Å²) in [6, 6.07) is 16.3. The van der Waals surface area contributed by atoms with Crippen molar-refractivity contribution in [1.82, 2.24) is 4.90 Å². The van der Waals surface area contributed by atoms with Crippen LogP contribution in [0.4, 0.5) is 0 Å². The lowest BCUT2D eigenvalue weighted by molar-refractivity contribution is 0.0617. The summed E-state index contributed by atoms with van der Waals surface area (Å²) in [5.74, 6) is 0.666. The Hall–Kier alpha value is -2.17. The monoisotopic (exact) mass is 339 g/mol. The van der Waals surface area contributed by atoms with Crippen molar-refractivity contribution in [3.8, 4) is 5.75 Å². The molecule has 0 aromatic heterocycles. The average Bonchev–Trinajstić information content (AvgIpc) is 2.68. The maximum Gasteiger partial charge on any atom is 0.193 e. The van der Waals surface area contributed by atoms with Gasteiger partial charge in [-0.2, -0.15) is 0 Å². The van der Waals surface area contributed by atoms with Crippen LogP contribution >= 0.6 is 0 Å². The first-order valence-electron chi connectivity index (χ1n) is 8.95. The minimum atomic E-state index is -0.497. The number of β-amino-alcohol motifs (C(OH)–C–C–N with tert-alkyl or cyclic N) is 1. The van der Waals surface area contributed by atoms with E-state index >= 15 is 0 Å². The number of piperidine rings is 1. The molecule has 0 saturated carbocycles. The van der Waals surface area contributed by atoms with Gasteiger partial charge < -0.3 is 14.7 Å². The molecule has 4 nitrogen and oxygen atoms in total. The molecule has 25 heavy (non-hydrogen) atoms. The summed E-state index contributed by atoms with van der Waals surface area (Å²) in [5, 5.41) is 10.1. The third-order valence-corrected chi connectivity index (χ3v) is 4.51. The summed E-state index contributed by atoms with van der Waals surface area (Å²) in [4.78, 5) is 14.6. The van der Waals surface area contributed by atoms with Gasteiger partial charge in [-0.05, 0) is 50.2 Å². The highest BCUT2D eigenvalue weighted by Crippen LogP contribution is 2.16. The number of ether oxygens (including phenoxy) is 1. The SMILES string of the molecule is O=C(c1ccccc1)c1ccc(OC[C@H](O)CN2CCCCC2)cc1. The summed E-state index contributed by atoms with van der Waals surface area (Å²) < 4.78 is 5.66. The second-order valence-electron chi connectivity index (χ2n) is 6.55. The predicted molar refractivity (Wildman–Crippen MR) is 98.1 cm³/mol. The van der Waals surface area contributed by atoms with E-state index in [2.05, 4.69) is 4.90 Å². The van der Waals surface area contributed by atoms with Gasteiger partial charge in [-0.3, -0.25) is 4.79 Å². The zero-order chi connectivity index (χ0) is 17.5. The molecule has 0 bridgehead atoms. The van der Waals surface area contributed by atoms with E-state index in [4.69, 9.17) is 4.74 Å². The molecule has 1 heterocycles. The predicted octanol–water partition coefficient (Wildman–Crippen LogP) is 3.14. The summed E-state index contributed by atoms with van der Waals surface area (Å²) in [5.41, 5.74) is 1.31. The van der Waals surface area contributed by atoms with Crippen molar-refractivity contribution >= 4 is 5.78 Å². The van der Waals surface area contributed by atoms with Crippen molar-refractivity contribution in [2.24, 2.45) is 0 Å². The normalized spacial score (nSPS) is 16.4. The van der Waals surface area contributed by atoms with Gasteiger partial charge in [-0.25, -0.2) is 0 Å². The quantitative estimate of drug-likeness (QED) is 0.788. The molecule has 1 saturated heterocycles. The first kappa shape index (κ1) is 17.6. The van der Waals surface area contributed by atoms with Crippen LogP contribution in [-0.4, -0.2) is 48.1 Å². The number of hydrogen-bond donors (Lipinski definition) is 1. The highest BCUT2D eigenvalue weighted by Gasteiger charge is 2.15. The lowest BCUT2D eigenvalue weighted by Gasteiger charge is -2.28. The van der Waals surface area contributed by atoms with Gasteiger partial charge in [-0.15, -0.1) is 0 Å². The number of carbonyl (C=O) groups is 1.